The van der Waals surface area contributed by atoms with Crippen LogP contribution in [0.3, 0.4) is 0 Å². The first-order valence-corrected chi connectivity index (χ1v) is 2.54. The number of esters is 1. The largest absolute Gasteiger partial charge is 0.460 e. The zero-order chi connectivity index (χ0) is 7.82. The average Bonchev–Trinajstić information content (AvgIpc) is 1.97. The zero-order valence-electron chi connectivity index (χ0n) is 5.16. The molecule has 4 nitrogen and oxygen atoms in total. The fourth-order valence-electron chi connectivity index (χ4n) is 0.276. The molecular formula is C6H6O4. The molecule has 0 saturated heterocycles. The van der Waals surface area contributed by atoms with Gasteiger partial charge in [-0.05, 0) is 5.73 Å². The predicted molar refractivity (Wildman–Crippen MR) is 31.8 cm³/mol. The van der Waals surface area contributed by atoms with E-state index in [9.17, 15) is 9.59 Å². The van der Waals surface area contributed by atoms with Crippen molar-refractivity contribution < 1.29 is 19.4 Å². The van der Waals surface area contributed by atoms with Gasteiger partial charge in [-0.1, -0.05) is 0 Å². The molecule has 54 valence electrons. The van der Waals surface area contributed by atoms with Crippen LogP contribution < -0.4 is 0 Å². The van der Waals surface area contributed by atoms with Gasteiger partial charge in [-0.3, -0.25) is 0 Å². The minimum Gasteiger partial charge on any atom is -0.460 e. The smallest absolute Gasteiger partial charge is 0.339 e. The number of hydrogen-bond donors (Lipinski definition) is 1. The SMILES string of the molecule is O=C=C=CC(=O)OCCO. The summed E-state index contributed by atoms with van der Waals surface area (Å²) in [7, 11) is 0. The molecule has 0 heterocycles. The van der Waals surface area contributed by atoms with Crippen molar-refractivity contribution in [3.63, 3.8) is 0 Å². The van der Waals surface area contributed by atoms with Crippen molar-refractivity contribution in [1.29, 1.82) is 0 Å². The van der Waals surface area contributed by atoms with Crippen molar-refractivity contribution in [2.45, 2.75) is 0 Å². The summed E-state index contributed by atoms with van der Waals surface area (Å²) in [6, 6.07) is 0. The topological polar surface area (TPSA) is 63.6 Å². The summed E-state index contributed by atoms with van der Waals surface area (Å²) in [5.41, 5.74) is 1.87. The summed E-state index contributed by atoms with van der Waals surface area (Å²) in [6.07, 6.45) is 0.808. The highest BCUT2D eigenvalue weighted by Gasteiger charge is 1.92. The number of rotatable bonds is 3. The number of hydrogen-bond acceptors (Lipinski definition) is 4. The highest BCUT2D eigenvalue weighted by Crippen LogP contribution is 1.76. The van der Waals surface area contributed by atoms with Crippen LogP contribution in [0.1, 0.15) is 0 Å². The number of aliphatic hydroxyl groups is 1. The molecule has 0 aliphatic rings. The number of aliphatic hydroxyl groups excluding tert-OH is 1. The lowest BCUT2D eigenvalue weighted by Crippen LogP contribution is -2.04. The Morgan fingerprint density at radius 3 is 2.90 bits per heavy atom. The molecule has 0 bridgehead atoms. The zero-order valence-corrected chi connectivity index (χ0v) is 5.16. The Morgan fingerprint density at radius 1 is 1.70 bits per heavy atom. The summed E-state index contributed by atoms with van der Waals surface area (Å²) in [4.78, 5) is 19.8. The van der Waals surface area contributed by atoms with Crippen molar-refractivity contribution in [2.75, 3.05) is 13.2 Å². The lowest BCUT2D eigenvalue weighted by atomic mass is 10.6. The first-order valence-electron chi connectivity index (χ1n) is 2.54. The maximum absolute atomic E-state index is 10.3. The second-order valence-electron chi connectivity index (χ2n) is 1.28. The van der Waals surface area contributed by atoms with Crippen LogP contribution in [0.25, 0.3) is 0 Å². The van der Waals surface area contributed by atoms with Crippen LogP contribution in [0.2, 0.25) is 0 Å². The van der Waals surface area contributed by atoms with Gasteiger partial charge in [0.1, 0.15) is 6.61 Å². The molecular weight excluding hydrogens is 136 g/mol. The Bertz CT molecular complexity index is 184. The highest BCUT2D eigenvalue weighted by atomic mass is 16.5. The Labute approximate surface area is 57.4 Å². The van der Waals surface area contributed by atoms with E-state index in [4.69, 9.17) is 5.11 Å². The molecule has 0 rings (SSSR count). The van der Waals surface area contributed by atoms with Crippen molar-refractivity contribution in [3.05, 3.63) is 11.8 Å². The van der Waals surface area contributed by atoms with E-state index in [1.54, 1.807) is 0 Å². The van der Waals surface area contributed by atoms with Crippen LogP contribution in [-0.2, 0) is 14.3 Å². The van der Waals surface area contributed by atoms with Crippen LogP contribution in [0.5, 0.6) is 0 Å². The van der Waals surface area contributed by atoms with E-state index < -0.39 is 5.97 Å². The predicted octanol–water partition coefficient (Wildman–Crippen LogP) is -0.935. The van der Waals surface area contributed by atoms with Gasteiger partial charge < -0.3 is 9.84 Å². The second kappa shape index (κ2) is 5.79. The van der Waals surface area contributed by atoms with Crippen LogP contribution in [0, 0.1) is 0 Å². The molecule has 0 saturated carbocycles. The van der Waals surface area contributed by atoms with E-state index in [1.807, 2.05) is 5.73 Å². The van der Waals surface area contributed by atoms with Crippen LogP contribution in [-0.4, -0.2) is 30.2 Å². The molecule has 0 amide bonds. The third-order valence-corrected chi connectivity index (χ3v) is 0.585. The lowest BCUT2D eigenvalue weighted by molar-refractivity contribution is -0.138. The normalized spacial score (nSPS) is 7.30. The number of ether oxygens (including phenoxy) is 1. The van der Waals surface area contributed by atoms with Gasteiger partial charge in [0.25, 0.3) is 0 Å². The standard InChI is InChI=1S/C6H6O4/c7-3-1-2-6(9)10-5-4-8/h2,8H,4-5H2. The van der Waals surface area contributed by atoms with Crippen LogP contribution in [0.15, 0.2) is 11.8 Å². The highest BCUT2D eigenvalue weighted by molar-refractivity contribution is 5.82. The van der Waals surface area contributed by atoms with E-state index in [0.717, 1.165) is 6.08 Å². The molecule has 0 aliphatic heterocycles. The van der Waals surface area contributed by atoms with E-state index in [1.165, 1.54) is 5.94 Å². The summed E-state index contributed by atoms with van der Waals surface area (Å²) < 4.78 is 4.31. The maximum atomic E-state index is 10.3. The van der Waals surface area contributed by atoms with Crippen molar-refractivity contribution in [2.24, 2.45) is 0 Å². The molecule has 1 N–H and O–H groups in total. The summed E-state index contributed by atoms with van der Waals surface area (Å²) in [5, 5.41) is 8.15. The van der Waals surface area contributed by atoms with Gasteiger partial charge in [-0.25, -0.2) is 9.59 Å². The van der Waals surface area contributed by atoms with Gasteiger partial charge in [0, 0.05) is 0 Å². The first kappa shape index (κ1) is 8.66. The fourth-order valence-corrected chi connectivity index (χ4v) is 0.276. The minimum absolute atomic E-state index is 0.0735. The molecule has 4 heteroatoms. The molecule has 0 radical (unpaired) electrons. The molecule has 0 aromatic rings. The van der Waals surface area contributed by atoms with Gasteiger partial charge in [0.15, 0.2) is 5.94 Å². The molecule has 0 fully saturated rings. The molecule has 10 heavy (non-hydrogen) atoms. The van der Waals surface area contributed by atoms with Crippen LogP contribution in [0.4, 0.5) is 0 Å². The Balaban J connectivity index is 3.64. The third-order valence-electron chi connectivity index (χ3n) is 0.585. The first-order chi connectivity index (χ1) is 4.81. The van der Waals surface area contributed by atoms with Gasteiger partial charge in [-0.2, -0.15) is 0 Å². The van der Waals surface area contributed by atoms with Crippen molar-refractivity contribution >= 4 is 11.9 Å². The van der Waals surface area contributed by atoms with E-state index in [-0.39, 0.29) is 13.2 Å². The molecule has 0 aliphatic carbocycles. The summed E-state index contributed by atoms with van der Waals surface area (Å²) in [6.45, 7) is -0.305. The molecule has 0 atom stereocenters. The quantitative estimate of drug-likeness (QED) is 0.239. The molecule has 0 aromatic heterocycles. The fraction of sp³-hybridized carbons (Fsp3) is 0.333. The lowest BCUT2D eigenvalue weighted by Gasteiger charge is -1.93. The number of carbonyl (C=O) groups is 1. The monoisotopic (exact) mass is 142 g/mol. The van der Waals surface area contributed by atoms with Gasteiger partial charge in [0.2, 0.25) is 0 Å². The molecule has 0 spiro atoms. The van der Waals surface area contributed by atoms with E-state index in [2.05, 4.69) is 4.74 Å². The van der Waals surface area contributed by atoms with E-state index >= 15 is 0 Å². The van der Waals surface area contributed by atoms with Gasteiger partial charge >= 0.3 is 5.97 Å². The maximum Gasteiger partial charge on any atom is 0.339 e. The third kappa shape index (κ3) is 4.81. The van der Waals surface area contributed by atoms with Crippen LogP contribution >= 0.6 is 0 Å². The molecule has 0 unspecified atom stereocenters. The Hall–Kier alpha value is -1.34. The Morgan fingerprint density at radius 2 is 2.40 bits per heavy atom. The molecule has 0 aromatic carbocycles. The average molecular weight is 142 g/mol. The minimum atomic E-state index is -0.711. The van der Waals surface area contributed by atoms with Gasteiger partial charge in [-0.15, -0.1) is 0 Å². The Kier molecular flexibility index (Phi) is 5.01. The van der Waals surface area contributed by atoms with Gasteiger partial charge in [0.05, 0.1) is 12.7 Å². The summed E-state index contributed by atoms with van der Waals surface area (Å²) in [5.74, 6) is 0.545. The summed E-state index contributed by atoms with van der Waals surface area (Å²) >= 11 is 0. The van der Waals surface area contributed by atoms with E-state index in [0.29, 0.717) is 0 Å². The van der Waals surface area contributed by atoms with Crippen molar-refractivity contribution in [3.8, 4) is 0 Å². The van der Waals surface area contributed by atoms with Crippen molar-refractivity contribution in [1.82, 2.24) is 0 Å². The number of carbonyl (C=O) groups excluding carboxylic acids is 2. The second-order valence-corrected chi connectivity index (χ2v) is 1.28.